The maximum absolute atomic E-state index is 13.6. The Morgan fingerprint density at radius 1 is 1.15 bits per heavy atom. The van der Waals surface area contributed by atoms with Gasteiger partial charge in [-0.1, -0.05) is 6.07 Å². The van der Waals surface area contributed by atoms with Gasteiger partial charge >= 0.3 is 0 Å². The topological polar surface area (TPSA) is 52.2 Å². The van der Waals surface area contributed by atoms with Crippen molar-refractivity contribution in [2.45, 2.75) is 58.4 Å². The molecular weight excluding hydrogens is 434 g/mol. The minimum atomic E-state index is -2.43. The number of H-pyrrole nitrogens is 1. The monoisotopic (exact) mass is 468 g/mol. The van der Waals surface area contributed by atoms with Crippen LogP contribution < -0.4 is 0 Å². The third-order valence-corrected chi connectivity index (χ3v) is 7.01. The number of carbonyl (C=O) groups excluding carboxylic acids is 1. The molecule has 0 spiro atoms. The van der Waals surface area contributed by atoms with Gasteiger partial charge in [-0.15, -0.1) is 0 Å². The maximum atomic E-state index is 13.6. The second-order valence-electron chi connectivity index (χ2n) is 9.74. The first-order valence-electron chi connectivity index (χ1n) is 12.0. The summed E-state index contributed by atoms with van der Waals surface area (Å²) in [5.41, 5.74) is 6.11. The van der Waals surface area contributed by atoms with Gasteiger partial charge in [-0.05, 0) is 88.0 Å². The molecule has 182 valence electrons. The molecule has 2 aromatic heterocycles. The number of pyridine rings is 1. The Labute approximate surface area is 200 Å². The summed E-state index contributed by atoms with van der Waals surface area (Å²) >= 11 is 0. The van der Waals surface area contributed by atoms with Crippen LogP contribution >= 0.6 is 0 Å². The molecule has 1 saturated heterocycles. The first-order chi connectivity index (χ1) is 16.1. The van der Waals surface area contributed by atoms with E-state index in [2.05, 4.69) is 27.0 Å². The van der Waals surface area contributed by atoms with E-state index in [1.54, 1.807) is 19.0 Å². The molecule has 1 unspecified atom stereocenters. The van der Waals surface area contributed by atoms with Gasteiger partial charge in [0.05, 0.1) is 11.7 Å². The molecule has 1 amide bonds. The fourth-order valence-corrected chi connectivity index (χ4v) is 5.26. The van der Waals surface area contributed by atoms with Crippen molar-refractivity contribution in [1.29, 1.82) is 0 Å². The Bertz CT molecular complexity index is 1160. The third kappa shape index (κ3) is 4.99. The molecule has 0 radical (unpaired) electrons. The van der Waals surface area contributed by atoms with Crippen LogP contribution in [0.2, 0.25) is 0 Å². The van der Waals surface area contributed by atoms with Gasteiger partial charge in [-0.25, -0.2) is 8.78 Å². The molecule has 1 aromatic carbocycles. The van der Waals surface area contributed by atoms with Crippen LogP contribution in [0.4, 0.5) is 8.78 Å². The van der Waals surface area contributed by atoms with Gasteiger partial charge in [-0.2, -0.15) is 0 Å². The van der Waals surface area contributed by atoms with Crippen LogP contribution in [0.15, 0.2) is 30.3 Å². The number of nitrogens with zero attached hydrogens (tertiary/aromatic N) is 3. The molecular formula is C27H34F2N4O. The molecule has 4 rings (SSSR count). The van der Waals surface area contributed by atoms with Gasteiger partial charge in [0.15, 0.2) is 0 Å². The van der Waals surface area contributed by atoms with Crippen molar-refractivity contribution < 1.29 is 13.6 Å². The number of amides is 1. The SMILES string of the molecule is Cc1cc(-c2[nH]c3ccc(C4CCN(C(C)C(=O)N(C)C)CC4)cc3c2CC(F)F)cc(C)n1. The van der Waals surface area contributed by atoms with Crippen LogP contribution in [0.5, 0.6) is 0 Å². The van der Waals surface area contributed by atoms with E-state index in [-0.39, 0.29) is 18.4 Å². The summed E-state index contributed by atoms with van der Waals surface area (Å²) < 4.78 is 27.2. The number of fused-ring (bicyclic) bond motifs is 1. The minimum absolute atomic E-state index is 0.123. The second-order valence-corrected chi connectivity index (χ2v) is 9.74. The van der Waals surface area contributed by atoms with E-state index in [9.17, 15) is 13.6 Å². The highest BCUT2D eigenvalue weighted by molar-refractivity contribution is 5.91. The van der Waals surface area contributed by atoms with Gasteiger partial charge in [0.1, 0.15) is 0 Å². The van der Waals surface area contributed by atoms with Crippen molar-refractivity contribution in [1.82, 2.24) is 19.8 Å². The molecule has 5 nitrogen and oxygen atoms in total. The summed E-state index contributed by atoms with van der Waals surface area (Å²) in [7, 11) is 3.58. The zero-order chi connectivity index (χ0) is 24.6. The van der Waals surface area contributed by atoms with Crippen LogP contribution in [0, 0.1) is 13.8 Å². The fraction of sp³-hybridized carbons (Fsp3) is 0.481. The smallest absolute Gasteiger partial charge is 0.242 e. The number of alkyl halides is 2. The van der Waals surface area contributed by atoms with Crippen molar-refractivity contribution in [3.05, 3.63) is 52.8 Å². The highest BCUT2D eigenvalue weighted by Crippen LogP contribution is 2.36. The van der Waals surface area contributed by atoms with Crippen molar-refractivity contribution in [2.24, 2.45) is 0 Å². The number of piperidine rings is 1. The van der Waals surface area contributed by atoms with Crippen molar-refractivity contribution in [3.63, 3.8) is 0 Å². The maximum Gasteiger partial charge on any atom is 0.242 e. The predicted octanol–water partition coefficient (Wildman–Crippen LogP) is 5.31. The molecule has 1 aliphatic rings. The summed E-state index contributed by atoms with van der Waals surface area (Å²) in [5.74, 6) is 0.475. The van der Waals surface area contributed by atoms with Gasteiger partial charge in [0.25, 0.3) is 0 Å². The third-order valence-electron chi connectivity index (χ3n) is 7.01. The largest absolute Gasteiger partial charge is 0.354 e. The molecule has 0 aliphatic carbocycles. The second kappa shape index (κ2) is 9.82. The standard InChI is InChI=1S/C27H34F2N4O/c1-16-12-21(13-17(2)30-16)26-23(15-25(28)29)22-14-20(6-7-24(22)31-26)19-8-10-33(11-9-19)18(3)27(34)32(4)5/h6-7,12-14,18-19,25,31H,8-11,15H2,1-5H3. The average Bonchev–Trinajstić information content (AvgIpc) is 3.14. The van der Waals surface area contributed by atoms with Crippen LogP contribution in [-0.2, 0) is 11.2 Å². The van der Waals surface area contributed by atoms with E-state index in [0.717, 1.165) is 59.5 Å². The summed E-state index contributed by atoms with van der Waals surface area (Å²) in [4.78, 5) is 24.1. The van der Waals surface area contributed by atoms with E-state index in [0.29, 0.717) is 11.5 Å². The number of likely N-dealkylation sites (N-methyl/N-ethyl adjacent to an activating group) is 1. The van der Waals surface area contributed by atoms with Crippen molar-refractivity contribution >= 4 is 16.8 Å². The Hall–Kier alpha value is -2.80. The lowest BCUT2D eigenvalue weighted by Gasteiger charge is -2.36. The van der Waals surface area contributed by atoms with Gasteiger partial charge in [0, 0.05) is 48.4 Å². The number of likely N-dealkylation sites (tertiary alicyclic amines) is 1. The average molecular weight is 469 g/mol. The molecule has 3 aromatic rings. The lowest BCUT2D eigenvalue weighted by Crippen LogP contribution is -2.47. The number of halogens is 2. The van der Waals surface area contributed by atoms with Gasteiger partial charge in [0.2, 0.25) is 12.3 Å². The Kier molecular flexibility index (Phi) is 7.03. The number of aryl methyl sites for hydroxylation is 2. The Balaban J connectivity index is 1.63. The number of aromatic nitrogens is 2. The molecule has 7 heteroatoms. The molecule has 3 heterocycles. The highest BCUT2D eigenvalue weighted by Gasteiger charge is 2.28. The van der Waals surface area contributed by atoms with E-state index >= 15 is 0 Å². The first kappa shape index (κ1) is 24.3. The molecule has 1 atom stereocenters. The number of hydrogen-bond acceptors (Lipinski definition) is 3. The Morgan fingerprint density at radius 2 is 1.79 bits per heavy atom. The first-order valence-corrected chi connectivity index (χ1v) is 12.0. The van der Waals surface area contributed by atoms with Crippen LogP contribution in [0.1, 0.15) is 48.2 Å². The van der Waals surface area contributed by atoms with E-state index in [1.807, 2.05) is 39.0 Å². The van der Waals surface area contributed by atoms with Crippen LogP contribution in [-0.4, -0.2) is 65.3 Å². The van der Waals surface area contributed by atoms with Crippen LogP contribution in [0.25, 0.3) is 22.2 Å². The van der Waals surface area contributed by atoms with Crippen LogP contribution in [0.3, 0.4) is 0 Å². The highest BCUT2D eigenvalue weighted by atomic mass is 19.3. The number of aromatic amines is 1. The summed E-state index contributed by atoms with van der Waals surface area (Å²) in [6.07, 6.45) is -0.826. The number of hydrogen-bond donors (Lipinski definition) is 1. The number of nitrogens with one attached hydrogen (secondary N) is 1. The van der Waals surface area contributed by atoms with Crippen molar-refractivity contribution in [3.8, 4) is 11.3 Å². The zero-order valence-corrected chi connectivity index (χ0v) is 20.7. The quantitative estimate of drug-likeness (QED) is 0.533. The normalized spacial score (nSPS) is 16.4. The van der Waals surface area contributed by atoms with Crippen molar-refractivity contribution in [2.75, 3.05) is 27.2 Å². The summed E-state index contributed by atoms with van der Waals surface area (Å²) in [6, 6.07) is 10.00. The predicted molar refractivity (Wildman–Crippen MR) is 132 cm³/mol. The molecule has 34 heavy (non-hydrogen) atoms. The molecule has 1 N–H and O–H groups in total. The lowest BCUT2D eigenvalue weighted by molar-refractivity contribution is -0.134. The number of carbonyl (C=O) groups is 1. The molecule has 0 saturated carbocycles. The minimum Gasteiger partial charge on any atom is -0.354 e. The molecule has 1 fully saturated rings. The Morgan fingerprint density at radius 3 is 2.38 bits per heavy atom. The number of benzene rings is 1. The molecule has 0 bridgehead atoms. The van der Waals surface area contributed by atoms with E-state index < -0.39 is 6.43 Å². The zero-order valence-electron chi connectivity index (χ0n) is 20.7. The summed E-state index contributed by atoms with van der Waals surface area (Å²) in [5, 5.41) is 0.874. The van der Waals surface area contributed by atoms with Gasteiger partial charge < -0.3 is 9.88 Å². The van der Waals surface area contributed by atoms with E-state index in [4.69, 9.17) is 0 Å². The summed E-state index contributed by atoms with van der Waals surface area (Å²) in [6.45, 7) is 7.50. The van der Waals surface area contributed by atoms with E-state index in [1.165, 1.54) is 5.56 Å². The lowest BCUT2D eigenvalue weighted by atomic mass is 9.87. The number of rotatable bonds is 6. The fourth-order valence-electron chi connectivity index (χ4n) is 5.26. The van der Waals surface area contributed by atoms with Gasteiger partial charge in [-0.3, -0.25) is 14.7 Å². The molecule has 1 aliphatic heterocycles.